The van der Waals surface area contributed by atoms with E-state index in [0.29, 0.717) is 17.5 Å². The second-order valence-corrected chi connectivity index (χ2v) is 6.24. The first-order valence-corrected chi connectivity index (χ1v) is 7.09. The molecule has 0 bridgehead atoms. The topological polar surface area (TPSA) is 58.0 Å². The molecule has 0 aliphatic carbocycles. The number of hydrogen-bond donors (Lipinski definition) is 1. The number of nitrogens with two attached hydrogens (primary N) is 1. The molecule has 0 radical (unpaired) electrons. The molecule has 104 valence electrons. The van der Waals surface area contributed by atoms with Gasteiger partial charge in [0.05, 0.1) is 5.69 Å². The number of rotatable bonds is 2. The van der Waals surface area contributed by atoms with Gasteiger partial charge < -0.3 is 15.2 Å². The van der Waals surface area contributed by atoms with Crippen molar-refractivity contribution in [1.82, 2.24) is 4.57 Å². The van der Waals surface area contributed by atoms with Gasteiger partial charge in [-0.1, -0.05) is 13.8 Å². The molecule has 2 N–H and O–H groups in total. The molecule has 1 aromatic rings. The van der Waals surface area contributed by atoms with Crippen LogP contribution in [0.1, 0.15) is 45.9 Å². The highest BCUT2D eigenvalue weighted by molar-refractivity contribution is 5.68. The summed E-state index contributed by atoms with van der Waals surface area (Å²) in [5.41, 5.74) is 7.55. The molecule has 0 unspecified atom stereocenters. The Morgan fingerprint density at radius 1 is 1.32 bits per heavy atom. The predicted molar refractivity (Wildman–Crippen MR) is 79.1 cm³/mol. The molecular weight excluding hydrogens is 236 g/mol. The van der Waals surface area contributed by atoms with Crippen LogP contribution >= 0.6 is 0 Å². The maximum absolute atomic E-state index is 9.26. The SMILES string of the molecule is CC(C)n1c(C#N)cc(N)c1N1C[C@H](C)C[C@H](C)C1. The molecule has 1 saturated heterocycles. The first-order valence-electron chi connectivity index (χ1n) is 7.09. The van der Waals surface area contributed by atoms with Crippen molar-refractivity contribution in [3.63, 3.8) is 0 Å². The molecule has 2 rings (SSSR count). The van der Waals surface area contributed by atoms with Crippen LogP contribution in [0, 0.1) is 23.2 Å². The van der Waals surface area contributed by atoms with Gasteiger partial charge in [0.1, 0.15) is 17.6 Å². The molecule has 1 aliphatic heterocycles. The molecule has 1 aromatic heterocycles. The Kier molecular flexibility index (Phi) is 3.75. The van der Waals surface area contributed by atoms with E-state index in [0.717, 1.165) is 24.6 Å². The lowest BCUT2D eigenvalue weighted by Gasteiger charge is -2.37. The van der Waals surface area contributed by atoms with E-state index in [9.17, 15) is 5.26 Å². The highest BCUT2D eigenvalue weighted by Gasteiger charge is 2.27. The summed E-state index contributed by atoms with van der Waals surface area (Å²) < 4.78 is 2.07. The zero-order valence-electron chi connectivity index (χ0n) is 12.3. The molecule has 0 aromatic carbocycles. The van der Waals surface area contributed by atoms with Gasteiger partial charge in [-0.3, -0.25) is 0 Å². The number of hydrogen-bond acceptors (Lipinski definition) is 3. The second kappa shape index (κ2) is 5.16. The summed E-state index contributed by atoms with van der Waals surface area (Å²) in [4.78, 5) is 2.36. The molecule has 2 atom stereocenters. The minimum absolute atomic E-state index is 0.245. The van der Waals surface area contributed by atoms with Crippen LogP contribution in [0.4, 0.5) is 11.5 Å². The fraction of sp³-hybridized carbons (Fsp3) is 0.667. The molecule has 0 saturated carbocycles. The number of anilines is 2. The molecule has 0 spiro atoms. The van der Waals surface area contributed by atoms with Crippen LogP contribution in [0.5, 0.6) is 0 Å². The van der Waals surface area contributed by atoms with Crippen molar-refractivity contribution in [2.75, 3.05) is 23.7 Å². The van der Waals surface area contributed by atoms with Crippen LogP contribution < -0.4 is 10.6 Å². The third kappa shape index (κ3) is 2.56. The zero-order valence-corrected chi connectivity index (χ0v) is 12.3. The van der Waals surface area contributed by atoms with Crippen molar-refractivity contribution < 1.29 is 0 Å². The number of piperidine rings is 1. The van der Waals surface area contributed by atoms with Crippen molar-refractivity contribution in [1.29, 1.82) is 5.26 Å². The summed E-state index contributed by atoms with van der Waals surface area (Å²) in [6, 6.07) is 4.31. The van der Waals surface area contributed by atoms with E-state index in [1.807, 2.05) is 0 Å². The van der Waals surface area contributed by atoms with Crippen molar-refractivity contribution in [3.8, 4) is 6.07 Å². The minimum atomic E-state index is 0.245. The number of aromatic nitrogens is 1. The summed E-state index contributed by atoms with van der Waals surface area (Å²) in [6.07, 6.45) is 1.27. The Morgan fingerprint density at radius 3 is 2.37 bits per heavy atom. The van der Waals surface area contributed by atoms with Crippen LogP contribution in [0.25, 0.3) is 0 Å². The lowest BCUT2D eigenvalue weighted by atomic mass is 9.92. The predicted octanol–water partition coefficient (Wildman–Crippen LogP) is 3.01. The zero-order chi connectivity index (χ0) is 14.2. The smallest absolute Gasteiger partial charge is 0.133 e. The monoisotopic (exact) mass is 260 g/mol. The lowest BCUT2D eigenvalue weighted by molar-refractivity contribution is 0.352. The van der Waals surface area contributed by atoms with E-state index >= 15 is 0 Å². The Morgan fingerprint density at radius 2 is 1.89 bits per heavy atom. The van der Waals surface area contributed by atoms with Gasteiger partial charge in [-0.15, -0.1) is 0 Å². The fourth-order valence-electron chi connectivity index (χ4n) is 3.31. The van der Waals surface area contributed by atoms with Crippen molar-refractivity contribution >= 4 is 11.5 Å². The number of nitriles is 1. The Bertz CT molecular complexity index is 485. The van der Waals surface area contributed by atoms with E-state index in [1.54, 1.807) is 6.07 Å². The average Bonchev–Trinajstić information content (AvgIpc) is 2.64. The average molecular weight is 260 g/mol. The van der Waals surface area contributed by atoms with Crippen molar-refractivity contribution in [2.24, 2.45) is 11.8 Å². The van der Waals surface area contributed by atoms with E-state index in [4.69, 9.17) is 5.73 Å². The molecule has 2 heterocycles. The van der Waals surface area contributed by atoms with Gasteiger partial charge >= 0.3 is 0 Å². The van der Waals surface area contributed by atoms with Crippen molar-refractivity contribution in [3.05, 3.63) is 11.8 Å². The summed E-state index contributed by atoms with van der Waals surface area (Å²) >= 11 is 0. The summed E-state index contributed by atoms with van der Waals surface area (Å²) in [5.74, 6) is 2.37. The van der Waals surface area contributed by atoms with E-state index < -0.39 is 0 Å². The van der Waals surface area contributed by atoms with Gasteiger partial charge in [0, 0.05) is 19.1 Å². The second-order valence-electron chi connectivity index (χ2n) is 6.24. The van der Waals surface area contributed by atoms with Crippen LogP contribution in [0.15, 0.2) is 6.07 Å². The third-order valence-corrected chi connectivity index (χ3v) is 3.84. The van der Waals surface area contributed by atoms with E-state index in [-0.39, 0.29) is 6.04 Å². The Hall–Kier alpha value is -1.63. The minimum Gasteiger partial charge on any atom is -0.396 e. The fourth-order valence-corrected chi connectivity index (χ4v) is 3.31. The summed E-state index contributed by atoms with van der Waals surface area (Å²) in [7, 11) is 0. The third-order valence-electron chi connectivity index (χ3n) is 3.84. The van der Waals surface area contributed by atoms with E-state index in [1.165, 1.54) is 6.42 Å². The van der Waals surface area contributed by atoms with Gasteiger partial charge in [-0.2, -0.15) is 5.26 Å². The number of nitrogens with zero attached hydrogens (tertiary/aromatic N) is 3. The molecule has 4 nitrogen and oxygen atoms in total. The standard InChI is InChI=1S/C15H24N4/c1-10(2)19-13(7-16)6-14(17)15(19)18-8-11(3)5-12(4)9-18/h6,10-12H,5,8-9,17H2,1-4H3/t11-,12+. The first-order chi connectivity index (χ1) is 8.93. The molecule has 0 amide bonds. The lowest BCUT2D eigenvalue weighted by Crippen LogP contribution is -2.40. The first kappa shape index (κ1) is 13.8. The van der Waals surface area contributed by atoms with Gasteiger partial charge in [0.2, 0.25) is 0 Å². The Balaban J connectivity index is 2.44. The van der Waals surface area contributed by atoms with Gasteiger partial charge in [0.25, 0.3) is 0 Å². The van der Waals surface area contributed by atoms with Gasteiger partial charge in [-0.25, -0.2) is 0 Å². The van der Waals surface area contributed by atoms with Crippen LogP contribution in [0.2, 0.25) is 0 Å². The van der Waals surface area contributed by atoms with E-state index in [2.05, 4.69) is 43.2 Å². The molecule has 19 heavy (non-hydrogen) atoms. The van der Waals surface area contributed by atoms with Crippen molar-refractivity contribution in [2.45, 2.75) is 40.2 Å². The highest BCUT2D eigenvalue weighted by atomic mass is 15.3. The summed E-state index contributed by atoms with van der Waals surface area (Å²) in [6.45, 7) is 10.8. The maximum atomic E-state index is 9.26. The molecular formula is C15H24N4. The normalized spacial score (nSPS) is 23.7. The highest BCUT2D eigenvalue weighted by Crippen LogP contribution is 2.35. The van der Waals surface area contributed by atoms with Crippen LogP contribution in [-0.2, 0) is 0 Å². The van der Waals surface area contributed by atoms with Crippen LogP contribution in [0.3, 0.4) is 0 Å². The largest absolute Gasteiger partial charge is 0.396 e. The summed E-state index contributed by atoms with van der Waals surface area (Å²) in [5, 5.41) is 9.26. The Labute approximate surface area is 115 Å². The molecule has 4 heteroatoms. The van der Waals surface area contributed by atoms with Gasteiger partial charge in [0.15, 0.2) is 0 Å². The quantitative estimate of drug-likeness (QED) is 0.889. The number of nitrogen functional groups attached to an aromatic ring is 1. The maximum Gasteiger partial charge on any atom is 0.133 e. The molecule has 1 aliphatic rings. The van der Waals surface area contributed by atoms with Crippen LogP contribution in [-0.4, -0.2) is 17.7 Å². The molecule has 1 fully saturated rings. The van der Waals surface area contributed by atoms with Gasteiger partial charge in [-0.05, 0) is 38.2 Å².